The Bertz CT molecular complexity index is 402. The summed E-state index contributed by atoms with van der Waals surface area (Å²) < 4.78 is 4.78. The summed E-state index contributed by atoms with van der Waals surface area (Å²) in [7, 11) is 1.43. The summed E-state index contributed by atoms with van der Waals surface area (Å²) in [6.45, 7) is 0. The molecule has 1 aromatic carbocycles. The summed E-state index contributed by atoms with van der Waals surface area (Å²) in [5.74, 6) is 0.560. The number of carbonyl (C=O) groups is 1. The van der Waals surface area contributed by atoms with Crippen molar-refractivity contribution in [1.82, 2.24) is 0 Å². The predicted molar refractivity (Wildman–Crippen MR) is 52.5 cm³/mol. The minimum Gasteiger partial charge on any atom is -0.452 e. The van der Waals surface area contributed by atoms with Gasteiger partial charge in [0.2, 0.25) is 0 Å². The topological polar surface area (TPSA) is 29.5 Å². The maximum absolute atomic E-state index is 11.5. The van der Waals surface area contributed by atoms with Crippen LogP contribution in [0.15, 0.2) is 24.3 Å². The molecule has 2 atom stereocenters. The average Bonchev–Trinajstić information content (AvgIpc) is 2.94. The van der Waals surface area contributed by atoms with E-state index in [-0.39, 0.29) is 6.09 Å². The van der Waals surface area contributed by atoms with Gasteiger partial charge in [0, 0.05) is 12.0 Å². The molecule has 0 radical (unpaired) electrons. The van der Waals surface area contributed by atoms with Crippen LogP contribution in [-0.2, 0) is 4.74 Å². The van der Waals surface area contributed by atoms with Gasteiger partial charge in [-0.1, -0.05) is 18.2 Å². The van der Waals surface area contributed by atoms with Crippen LogP contribution < -0.4 is 4.90 Å². The summed E-state index contributed by atoms with van der Waals surface area (Å²) in [4.78, 5) is 13.3. The summed E-state index contributed by atoms with van der Waals surface area (Å²) in [6, 6.07) is 8.43. The molecule has 2 aliphatic rings. The number of carbonyl (C=O) groups excluding carboxylic acids is 1. The van der Waals surface area contributed by atoms with Crippen molar-refractivity contribution in [2.24, 2.45) is 0 Å². The lowest BCUT2D eigenvalue weighted by Gasteiger charge is -2.18. The van der Waals surface area contributed by atoms with Crippen LogP contribution in [0, 0.1) is 0 Å². The lowest BCUT2D eigenvalue weighted by atomic mass is 10.1. The largest absolute Gasteiger partial charge is 0.452 e. The van der Waals surface area contributed by atoms with Gasteiger partial charge in [-0.2, -0.15) is 0 Å². The average molecular weight is 189 g/mol. The van der Waals surface area contributed by atoms with E-state index < -0.39 is 0 Å². The van der Waals surface area contributed by atoms with Crippen LogP contribution in [0.3, 0.4) is 0 Å². The molecule has 1 heterocycles. The van der Waals surface area contributed by atoms with Gasteiger partial charge in [-0.3, -0.25) is 4.90 Å². The molecule has 0 bridgehead atoms. The van der Waals surface area contributed by atoms with Gasteiger partial charge in [0.05, 0.1) is 12.8 Å². The number of anilines is 1. The van der Waals surface area contributed by atoms with Crippen LogP contribution in [0.25, 0.3) is 0 Å². The Morgan fingerprint density at radius 2 is 2.29 bits per heavy atom. The van der Waals surface area contributed by atoms with Gasteiger partial charge < -0.3 is 4.74 Å². The van der Waals surface area contributed by atoms with E-state index in [4.69, 9.17) is 4.74 Å². The van der Waals surface area contributed by atoms with Gasteiger partial charge in [0.25, 0.3) is 0 Å². The number of ether oxygens (including phenoxy) is 1. The van der Waals surface area contributed by atoms with Gasteiger partial charge in [0.15, 0.2) is 0 Å². The predicted octanol–water partition coefficient (Wildman–Crippen LogP) is 2.13. The normalized spacial score (nSPS) is 26.8. The summed E-state index contributed by atoms with van der Waals surface area (Å²) in [5, 5.41) is 0. The molecular formula is C11H11NO2. The Morgan fingerprint density at radius 3 is 3.07 bits per heavy atom. The lowest BCUT2D eigenvalue weighted by molar-refractivity contribution is 0.178. The van der Waals surface area contributed by atoms with Crippen LogP contribution in [-0.4, -0.2) is 19.2 Å². The highest BCUT2D eigenvalue weighted by molar-refractivity contribution is 5.93. The number of para-hydroxylation sites is 1. The molecule has 0 N–H and O–H groups in total. The number of fused-ring (bicyclic) bond motifs is 3. The first-order valence-corrected chi connectivity index (χ1v) is 4.79. The standard InChI is InChI=1S/C11H11NO2/c1-14-11(13)12-9-5-3-2-4-7(9)8-6-10(8)12/h2-5,8,10H,6H2,1H3. The Kier molecular flexibility index (Phi) is 1.40. The van der Waals surface area contributed by atoms with E-state index in [0.29, 0.717) is 12.0 Å². The summed E-state index contributed by atoms with van der Waals surface area (Å²) in [5.41, 5.74) is 2.32. The Balaban J connectivity index is 2.06. The van der Waals surface area contributed by atoms with Crippen molar-refractivity contribution in [2.45, 2.75) is 18.4 Å². The van der Waals surface area contributed by atoms with Crippen LogP contribution >= 0.6 is 0 Å². The second-order valence-electron chi connectivity index (χ2n) is 3.81. The third-order valence-corrected chi connectivity index (χ3v) is 3.06. The zero-order valence-corrected chi connectivity index (χ0v) is 7.93. The van der Waals surface area contributed by atoms with E-state index in [1.807, 2.05) is 18.2 Å². The fourth-order valence-corrected chi connectivity index (χ4v) is 2.33. The first kappa shape index (κ1) is 7.85. The van der Waals surface area contributed by atoms with Gasteiger partial charge >= 0.3 is 6.09 Å². The van der Waals surface area contributed by atoms with Crippen molar-refractivity contribution in [3.63, 3.8) is 0 Å². The molecule has 1 amide bonds. The van der Waals surface area contributed by atoms with E-state index >= 15 is 0 Å². The Morgan fingerprint density at radius 1 is 1.50 bits per heavy atom. The Labute approximate surface area is 82.3 Å². The molecule has 14 heavy (non-hydrogen) atoms. The van der Waals surface area contributed by atoms with Crippen molar-refractivity contribution >= 4 is 11.8 Å². The third-order valence-electron chi connectivity index (χ3n) is 3.06. The molecule has 0 spiro atoms. The number of hydrogen-bond acceptors (Lipinski definition) is 2. The van der Waals surface area contributed by atoms with Gasteiger partial charge in [-0.05, 0) is 18.1 Å². The van der Waals surface area contributed by atoms with E-state index in [2.05, 4.69) is 6.07 Å². The molecule has 72 valence electrons. The van der Waals surface area contributed by atoms with Crippen molar-refractivity contribution in [3.8, 4) is 0 Å². The van der Waals surface area contributed by atoms with E-state index in [0.717, 1.165) is 12.1 Å². The molecule has 1 aromatic rings. The highest BCUT2D eigenvalue weighted by atomic mass is 16.5. The molecule has 0 aromatic heterocycles. The van der Waals surface area contributed by atoms with Crippen molar-refractivity contribution in [1.29, 1.82) is 0 Å². The minimum atomic E-state index is -0.234. The second kappa shape index (κ2) is 2.50. The molecular weight excluding hydrogens is 178 g/mol. The minimum absolute atomic E-state index is 0.234. The monoisotopic (exact) mass is 189 g/mol. The molecule has 1 aliphatic heterocycles. The molecule has 1 saturated carbocycles. The lowest BCUT2D eigenvalue weighted by Crippen LogP contribution is -2.31. The van der Waals surface area contributed by atoms with Crippen molar-refractivity contribution in [3.05, 3.63) is 29.8 Å². The van der Waals surface area contributed by atoms with Crippen LogP contribution in [0.5, 0.6) is 0 Å². The van der Waals surface area contributed by atoms with Crippen LogP contribution in [0.1, 0.15) is 17.9 Å². The maximum Gasteiger partial charge on any atom is 0.414 e. The summed E-state index contributed by atoms with van der Waals surface area (Å²) in [6.07, 6.45) is 0.856. The molecule has 3 nitrogen and oxygen atoms in total. The van der Waals surface area contributed by atoms with Crippen LogP contribution in [0.4, 0.5) is 10.5 Å². The zero-order chi connectivity index (χ0) is 9.71. The quantitative estimate of drug-likeness (QED) is 0.625. The number of benzene rings is 1. The first-order chi connectivity index (χ1) is 6.83. The fraction of sp³-hybridized carbons (Fsp3) is 0.364. The number of hydrogen-bond donors (Lipinski definition) is 0. The number of nitrogens with zero attached hydrogens (tertiary/aromatic N) is 1. The Hall–Kier alpha value is -1.51. The fourth-order valence-electron chi connectivity index (χ4n) is 2.33. The van der Waals surface area contributed by atoms with E-state index in [1.54, 1.807) is 4.90 Å². The van der Waals surface area contributed by atoms with Gasteiger partial charge in [0.1, 0.15) is 0 Å². The zero-order valence-electron chi connectivity index (χ0n) is 7.93. The van der Waals surface area contributed by atoms with Crippen LogP contribution in [0.2, 0.25) is 0 Å². The van der Waals surface area contributed by atoms with E-state index in [9.17, 15) is 4.79 Å². The number of methoxy groups -OCH3 is 1. The van der Waals surface area contributed by atoms with Crippen molar-refractivity contribution in [2.75, 3.05) is 12.0 Å². The molecule has 2 unspecified atom stereocenters. The molecule has 0 saturated heterocycles. The molecule has 1 aliphatic carbocycles. The van der Waals surface area contributed by atoms with E-state index in [1.165, 1.54) is 12.7 Å². The SMILES string of the molecule is COC(=O)N1c2ccccc2C2CC21. The molecule has 3 rings (SSSR count). The van der Waals surface area contributed by atoms with Gasteiger partial charge in [-0.15, -0.1) is 0 Å². The highest BCUT2D eigenvalue weighted by Crippen LogP contribution is 2.55. The smallest absolute Gasteiger partial charge is 0.414 e. The third kappa shape index (κ3) is 0.842. The van der Waals surface area contributed by atoms with Gasteiger partial charge in [-0.25, -0.2) is 4.79 Å². The summed E-state index contributed by atoms with van der Waals surface area (Å²) >= 11 is 0. The highest BCUT2D eigenvalue weighted by Gasteiger charge is 2.53. The number of rotatable bonds is 0. The first-order valence-electron chi connectivity index (χ1n) is 4.79. The molecule has 3 heteroatoms. The molecule has 1 fully saturated rings. The maximum atomic E-state index is 11.5. The van der Waals surface area contributed by atoms with Crippen molar-refractivity contribution < 1.29 is 9.53 Å². The number of amides is 1. The second-order valence-corrected chi connectivity index (χ2v) is 3.81.